The van der Waals surface area contributed by atoms with Crippen molar-refractivity contribution in [3.8, 4) is 0 Å². The number of methoxy groups -OCH3 is 1. The van der Waals surface area contributed by atoms with Gasteiger partial charge in [-0.05, 0) is 44.4 Å². The number of carbonyl (C=O) groups excluding carboxylic acids is 1. The quantitative estimate of drug-likeness (QED) is 0.723. The molecule has 1 aliphatic carbocycles. The lowest BCUT2D eigenvalue weighted by Gasteiger charge is -2.39. The standard InChI is InChI=1S/C15H28O3/c1-11-7-12(9-14(2,3)8-11)18-10-15(4,5)13(16)17-6/h11-12H,7-10H2,1-6H3. The Morgan fingerprint density at radius 2 is 1.94 bits per heavy atom. The fraction of sp³-hybridized carbons (Fsp3) is 0.933. The smallest absolute Gasteiger partial charge is 0.313 e. The summed E-state index contributed by atoms with van der Waals surface area (Å²) in [5, 5.41) is 0. The minimum Gasteiger partial charge on any atom is -0.469 e. The topological polar surface area (TPSA) is 35.5 Å². The molecule has 1 rings (SSSR count). The molecule has 1 fully saturated rings. The number of hydrogen-bond acceptors (Lipinski definition) is 3. The lowest BCUT2D eigenvalue weighted by atomic mass is 9.71. The Labute approximate surface area is 111 Å². The Morgan fingerprint density at radius 1 is 1.33 bits per heavy atom. The third-order valence-electron chi connectivity index (χ3n) is 3.76. The van der Waals surface area contributed by atoms with Crippen LogP contribution in [0.25, 0.3) is 0 Å². The van der Waals surface area contributed by atoms with Crippen LogP contribution >= 0.6 is 0 Å². The first-order valence-corrected chi connectivity index (χ1v) is 6.86. The molecule has 3 nitrogen and oxygen atoms in total. The van der Waals surface area contributed by atoms with Gasteiger partial charge in [0.15, 0.2) is 0 Å². The molecule has 0 aliphatic heterocycles. The lowest BCUT2D eigenvalue weighted by molar-refractivity contribution is -0.156. The van der Waals surface area contributed by atoms with Gasteiger partial charge in [-0.25, -0.2) is 0 Å². The van der Waals surface area contributed by atoms with Gasteiger partial charge in [0.05, 0.1) is 25.2 Å². The summed E-state index contributed by atoms with van der Waals surface area (Å²) in [5.41, 5.74) is -0.211. The summed E-state index contributed by atoms with van der Waals surface area (Å²) in [6, 6.07) is 0. The molecule has 2 atom stereocenters. The molecular formula is C15H28O3. The van der Waals surface area contributed by atoms with Crippen molar-refractivity contribution in [2.45, 2.75) is 60.0 Å². The highest BCUT2D eigenvalue weighted by molar-refractivity contribution is 5.75. The van der Waals surface area contributed by atoms with Crippen LogP contribution in [0.1, 0.15) is 53.9 Å². The summed E-state index contributed by atoms with van der Waals surface area (Å²) < 4.78 is 10.8. The highest BCUT2D eigenvalue weighted by Crippen LogP contribution is 2.40. The van der Waals surface area contributed by atoms with Gasteiger partial charge in [-0.1, -0.05) is 20.8 Å². The average Bonchev–Trinajstić information content (AvgIpc) is 2.22. The van der Waals surface area contributed by atoms with Gasteiger partial charge in [-0.3, -0.25) is 4.79 Å². The van der Waals surface area contributed by atoms with E-state index in [0.29, 0.717) is 17.9 Å². The van der Waals surface area contributed by atoms with E-state index >= 15 is 0 Å². The molecule has 2 unspecified atom stereocenters. The number of hydrogen-bond donors (Lipinski definition) is 0. The van der Waals surface area contributed by atoms with Gasteiger partial charge in [0, 0.05) is 0 Å². The molecule has 0 spiro atoms. The van der Waals surface area contributed by atoms with E-state index in [1.54, 1.807) is 0 Å². The Bertz CT molecular complexity index is 294. The van der Waals surface area contributed by atoms with Crippen LogP contribution in [0, 0.1) is 16.7 Å². The molecule has 0 aromatic rings. The van der Waals surface area contributed by atoms with Gasteiger partial charge >= 0.3 is 5.97 Å². The summed E-state index contributed by atoms with van der Waals surface area (Å²) in [5.74, 6) is 0.491. The SMILES string of the molecule is COC(=O)C(C)(C)COC1CC(C)CC(C)(C)C1. The molecule has 3 heteroatoms. The van der Waals surface area contributed by atoms with Gasteiger partial charge < -0.3 is 9.47 Å². The molecule has 0 saturated heterocycles. The zero-order chi connectivity index (χ0) is 14.0. The molecular weight excluding hydrogens is 228 g/mol. The highest BCUT2D eigenvalue weighted by Gasteiger charge is 2.35. The maximum atomic E-state index is 11.6. The van der Waals surface area contributed by atoms with Crippen molar-refractivity contribution in [3.05, 3.63) is 0 Å². The van der Waals surface area contributed by atoms with E-state index in [4.69, 9.17) is 9.47 Å². The van der Waals surface area contributed by atoms with Gasteiger partial charge in [-0.2, -0.15) is 0 Å². The first-order valence-electron chi connectivity index (χ1n) is 6.86. The van der Waals surface area contributed by atoms with E-state index in [9.17, 15) is 4.79 Å². The Hall–Kier alpha value is -0.570. The Morgan fingerprint density at radius 3 is 2.44 bits per heavy atom. The van der Waals surface area contributed by atoms with E-state index in [1.165, 1.54) is 13.5 Å². The summed E-state index contributed by atoms with van der Waals surface area (Å²) in [6.45, 7) is 11.1. The molecule has 0 amide bonds. The summed E-state index contributed by atoms with van der Waals surface area (Å²) in [6.07, 6.45) is 3.70. The van der Waals surface area contributed by atoms with E-state index in [0.717, 1.165) is 12.8 Å². The second-order valence-electron chi connectivity index (χ2n) is 7.22. The fourth-order valence-electron chi connectivity index (χ4n) is 3.05. The molecule has 106 valence electrons. The van der Waals surface area contributed by atoms with Crippen molar-refractivity contribution in [3.63, 3.8) is 0 Å². The first kappa shape index (κ1) is 15.5. The van der Waals surface area contributed by atoms with Crippen molar-refractivity contribution in [2.75, 3.05) is 13.7 Å². The van der Waals surface area contributed by atoms with Crippen molar-refractivity contribution in [1.82, 2.24) is 0 Å². The van der Waals surface area contributed by atoms with Crippen LogP contribution in [0.4, 0.5) is 0 Å². The summed E-state index contributed by atoms with van der Waals surface area (Å²) in [7, 11) is 1.43. The summed E-state index contributed by atoms with van der Waals surface area (Å²) in [4.78, 5) is 11.6. The number of ether oxygens (including phenoxy) is 2. The summed E-state index contributed by atoms with van der Waals surface area (Å²) >= 11 is 0. The van der Waals surface area contributed by atoms with Crippen molar-refractivity contribution < 1.29 is 14.3 Å². The molecule has 0 N–H and O–H groups in total. The van der Waals surface area contributed by atoms with E-state index in [1.807, 2.05) is 13.8 Å². The molecule has 1 aliphatic rings. The Balaban J connectivity index is 2.50. The second kappa shape index (κ2) is 5.60. The van der Waals surface area contributed by atoms with Crippen LogP contribution in [0.2, 0.25) is 0 Å². The zero-order valence-electron chi connectivity index (χ0n) is 12.7. The Kier molecular flexibility index (Phi) is 4.82. The van der Waals surface area contributed by atoms with Crippen molar-refractivity contribution in [1.29, 1.82) is 0 Å². The van der Waals surface area contributed by atoms with E-state index in [-0.39, 0.29) is 12.1 Å². The second-order valence-corrected chi connectivity index (χ2v) is 7.22. The number of rotatable bonds is 4. The predicted molar refractivity (Wildman–Crippen MR) is 72.3 cm³/mol. The van der Waals surface area contributed by atoms with Crippen LogP contribution in [-0.2, 0) is 14.3 Å². The minimum absolute atomic E-state index is 0.203. The normalized spacial score (nSPS) is 27.9. The third kappa shape index (κ3) is 4.27. The van der Waals surface area contributed by atoms with Crippen LogP contribution in [0.3, 0.4) is 0 Å². The highest BCUT2D eigenvalue weighted by atomic mass is 16.5. The fourth-order valence-corrected chi connectivity index (χ4v) is 3.05. The third-order valence-corrected chi connectivity index (χ3v) is 3.76. The predicted octanol–water partition coefficient (Wildman–Crippen LogP) is 3.42. The van der Waals surface area contributed by atoms with Crippen LogP contribution in [0.15, 0.2) is 0 Å². The average molecular weight is 256 g/mol. The monoisotopic (exact) mass is 256 g/mol. The molecule has 0 radical (unpaired) electrons. The van der Waals surface area contributed by atoms with Crippen LogP contribution in [0.5, 0.6) is 0 Å². The largest absolute Gasteiger partial charge is 0.469 e. The maximum absolute atomic E-state index is 11.6. The van der Waals surface area contributed by atoms with Crippen molar-refractivity contribution in [2.24, 2.45) is 16.7 Å². The van der Waals surface area contributed by atoms with Gasteiger partial charge in [0.1, 0.15) is 0 Å². The first-order chi connectivity index (χ1) is 8.16. The molecule has 0 aromatic carbocycles. The van der Waals surface area contributed by atoms with Gasteiger partial charge in [0.25, 0.3) is 0 Å². The molecule has 0 heterocycles. The van der Waals surface area contributed by atoms with Crippen LogP contribution < -0.4 is 0 Å². The number of esters is 1. The lowest BCUT2D eigenvalue weighted by Crippen LogP contribution is -2.37. The van der Waals surface area contributed by atoms with E-state index in [2.05, 4.69) is 20.8 Å². The molecule has 18 heavy (non-hydrogen) atoms. The van der Waals surface area contributed by atoms with Crippen molar-refractivity contribution >= 4 is 5.97 Å². The molecule has 0 bridgehead atoms. The minimum atomic E-state index is -0.556. The number of carbonyl (C=O) groups is 1. The van der Waals surface area contributed by atoms with Gasteiger partial charge in [-0.15, -0.1) is 0 Å². The molecule has 0 aromatic heterocycles. The molecule has 1 saturated carbocycles. The van der Waals surface area contributed by atoms with Crippen LogP contribution in [-0.4, -0.2) is 25.8 Å². The van der Waals surface area contributed by atoms with E-state index < -0.39 is 5.41 Å². The van der Waals surface area contributed by atoms with Gasteiger partial charge in [0.2, 0.25) is 0 Å². The maximum Gasteiger partial charge on any atom is 0.313 e. The zero-order valence-corrected chi connectivity index (χ0v) is 12.7.